The second-order valence-corrected chi connectivity index (χ2v) is 11.2. The van der Waals surface area contributed by atoms with Crippen molar-refractivity contribution in [2.45, 2.75) is 0 Å². The molecule has 0 unspecified atom stereocenters. The first-order valence-corrected chi connectivity index (χ1v) is 14.1. The van der Waals surface area contributed by atoms with Crippen LogP contribution in [-0.2, 0) is 0 Å². The quantitative estimate of drug-likeness (QED) is 0.217. The lowest BCUT2D eigenvalue weighted by Gasteiger charge is -2.11. The Morgan fingerprint density at radius 3 is 1.64 bits per heavy atom. The Morgan fingerprint density at radius 2 is 0.923 bits per heavy atom. The standard InChI is InChI=1S/C36H22N2S/c1-5-15-30-24(10-1)25-11-2-6-16-31(25)37(30)23-20-21-33-29(22-23)26-12-3-7-17-32(26)38(33)34-18-9-14-28-27-13-4-8-19-35(27)39-36(28)34/h1-22H. The fourth-order valence-electron chi connectivity index (χ4n) is 6.47. The molecule has 0 spiro atoms. The van der Waals surface area contributed by atoms with Gasteiger partial charge in [0.15, 0.2) is 0 Å². The van der Waals surface area contributed by atoms with Gasteiger partial charge in [-0.15, -0.1) is 11.3 Å². The highest BCUT2D eigenvalue weighted by molar-refractivity contribution is 7.26. The predicted molar refractivity (Wildman–Crippen MR) is 168 cm³/mol. The zero-order chi connectivity index (χ0) is 25.5. The van der Waals surface area contributed by atoms with Crippen LogP contribution in [0.1, 0.15) is 0 Å². The van der Waals surface area contributed by atoms with Crippen molar-refractivity contribution >= 4 is 75.1 Å². The van der Waals surface area contributed by atoms with Gasteiger partial charge in [0.2, 0.25) is 0 Å². The van der Waals surface area contributed by atoms with E-state index in [0.29, 0.717) is 0 Å². The smallest absolute Gasteiger partial charge is 0.0640 e. The molecule has 0 amide bonds. The van der Waals surface area contributed by atoms with Crippen LogP contribution in [0.4, 0.5) is 0 Å². The molecule has 0 bridgehead atoms. The number of nitrogens with zero attached hydrogens (tertiary/aromatic N) is 2. The second kappa shape index (κ2) is 7.83. The molecule has 0 aliphatic carbocycles. The minimum Gasteiger partial charge on any atom is -0.309 e. The summed E-state index contributed by atoms with van der Waals surface area (Å²) < 4.78 is 7.52. The maximum absolute atomic E-state index is 2.46. The molecule has 0 atom stereocenters. The van der Waals surface area contributed by atoms with Crippen molar-refractivity contribution in [3.63, 3.8) is 0 Å². The van der Waals surface area contributed by atoms with Crippen molar-refractivity contribution in [1.82, 2.24) is 9.13 Å². The molecular weight excluding hydrogens is 492 g/mol. The number of fused-ring (bicyclic) bond motifs is 9. The van der Waals surface area contributed by atoms with Gasteiger partial charge in [0.1, 0.15) is 0 Å². The summed E-state index contributed by atoms with van der Waals surface area (Å²) in [6, 6.07) is 48.7. The Bertz CT molecular complexity index is 2350. The first-order chi connectivity index (χ1) is 19.4. The summed E-state index contributed by atoms with van der Waals surface area (Å²) in [5, 5.41) is 7.75. The van der Waals surface area contributed by atoms with E-state index in [4.69, 9.17) is 0 Å². The molecule has 9 aromatic rings. The normalized spacial score (nSPS) is 12.1. The number of thiophene rings is 1. The van der Waals surface area contributed by atoms with E-state index in [1.807, 2.05) is 11.3 Å². The SMILES string of the molecule is c1ccc2c(c1)sc1c(-n3c4ccccc4c4cc(-n5c6ccccc6c6ccccc65)ccc43)cccc12. The third-order valence-electron chi connectivity index (χ3n) is 8.12. The van der Waals surface area contributed by atoms with E-state index < -0.39 is 0 Å². The van der Waals surface area contributed by atoms with Gasteiger partial charge in [0, 0.05) is 42.7 Å². The highest BCUT2D eigenvalue weighted by Crippen LogP contribution is 2.41. The van der Waals surface area contributed by atoms with E-state index in [1.54, 1.807) is 0 Å². The summed E-state index contributed by atoms with van der Waals surface area (Å²) in [4.78, 5) is 0. The van der Waals surface area contributed by atoms with Crippen LogP contribution in [0.2, 0.25) is 0 Å². The van der Waals surface area contributed by atoms with Gasteiger partial charge in [0.05, 0.1) is 32.5 Å². The van der Waals surface area contributed by atoms with Gasteiger partial charge >= 0.3 is 0 Å². The minimum atomic E-state index is 1.18. The third kappa shape index (κ3) is 2.85. The molecule has 3 aromatic heterocycles. The van der Waals surface area contributed by atoms with E-state index >= 15 is 0 Å². The summed E-state index contributed by atoms with van der Waals surface area (Å²) in [5.74, 6) is 0. The molecule has 9 rings (SSSR count). The van der Waals surface area contributed by atoms with E-state index in [2.05, 4.69) is 143 Å². The fourth-order valence-corrected chi connectivity index (χ4v) is 7.67. The monoisotopic (exact) mass is 514 g/mol. The first kappa shape index (κ1) is 21.1. The molecule has 3 heterocycles. The summed E-state index contributed by atoms with van der Waals surface area (Å²) in [5.41, 5.74) is 7.35. The van der Waals surface area contributed by atoms with Gasteiger partial charge in [-0.3, -0.25) is 0 Å². The average Bonchev–Trinajstić information content (AvgIpc) is 3.65. The summed E-state index contributed by atoms with van der Waals surface area (Å²) in [6.45, 7) is 0. The Balaban J connectivity index is 1.38. The second-order valence-electron chi connectivity index (χ2n) is 10.2. The summed E-state index contributed by atoms with van der Waals surface area (Å²) >= 11 is 1.88. The van der Waals surface area contributed by atoms with Gasteiger partial charge in [-0.1, -0.05) is 84.9 Å². The Labute approximate surface area is 228 Å². The molecule has 0 saturated carbocycles. The van der Waals surface area contributed by atoms with Gasteiger partial charge < -0.3 is 9.13 Å². The molecular formula is C36H22N2S. The van der Waals surface area contributed by atoms with E-state index in [1.165, 1.54) is 75.2 Å². The van der Waals surface area contributed by atoms with Crippen LogP contribution in [0.5, 0.6) is 0 Å². The van der Waals surface area contributed by atoms with Crippen LogP contribution < -0.4 is 0 Å². The number of rotatable bonds is 2. The number of benzene rings is 6. The number of hydrogen-bond donors (Lipinski definition) is 0. The highest BCUT2D eigenvalue weighted by Gasteiger charge is 2.18. The van der Waals surface area contributed by atoms with Crippen molar-refractivity contribution in [3.05, 3.63) is 133 Å². The molecule has 0 N–H and O–H groups in total. The number of aromatic nitrogens is 2. The van der Waals surface area contributed by atoms with E-state index in [-0.39, 0.29) is 0 Å². The number of para-hydroxylation sites is 3. The molecule has 3 heteroatoms. The lowest BCUT2D eigenvalue weighted by Crippen LogP contribution is -1.96. The average molecular weight is 515 g/mol. The van der Waals surface area contributed by atoms with Crippen molar-refractivity contribution in [2.24, 2.45) is 0 Å². The fraction of sp³-hybridized carbons (Fsp3) is 0. The maximum Gasteiger partial charge on any atom is 0.0640 e. The van der Waals surface area contributed by atoms with Gasteiger partial charge in [0.25, 0.3) is 0 Å². The topological polar surface area (TPSA) is 9.86 Å². The molecule has 182 valence electrons. The molecule has 0 fully saturated rings. The van der Waals surface area contributed by atoms with Gasteiger partial charge in [-0.25, -0.2) is 0 Å². The molecule has 39 heavy (non-hydrogen) atoms. The van der Waals surface area contributed by atoms with Crippen LogP contribution >= 0.6 is 11.3 Å². The lowest BCUT2D eigenvalue weighted by atomic mass is 10.1. The van der Waals surface area contributed by atoms with E-state index in [9.17, 15) is 0 Å². The van der Waals surface area contributed by atoms with Crippen molar-refractivity contribution in [3.8, 4) is 11.4 Å². The van der Waals surface area contributed by atoms with Crippen LogP contribution in [0, 0.1) is 0 Å². The molecule has 0 aliphatic heterocycles. The van der Waals surface area contributed by atoms with E-state index in [0.717, 1.165) is 0 Å². The predicted octanol–water partition coefficient (Wildman–Crippen LogP) is 10.2. The largest absolute Gasteiger partial charge is 0.309 e. The first-order valence-electron chi connectivity index (χ1n) is 13.3. The summed E-state index contributed by atoms with van der Waals surface area (Å²) in [7, 11) is 0. The highest BCUT2D eigenvalue weighted by atomic mass is 32.1. The lowest BCUT2D eigenvalue weighted by molar-refractivity contribution is 1.17. The molecule has 2 nitrogen and oxygen atoms in total. The van der Waals surface area contributed by atoms with Crippen LogP contribution in [0.15, 0.2) is 133 Å². The van der Waals surface area contributed by atoms with Crippen molar-refractivity contribution in [1.29, 1.82) is 0 Å². The zero-order valence-electron chi connectivity index (χ0n) is 21.0. The van der Waals surface area contributed by atoms with Gasteiger partial charge in [-0.05, 0) is 48.5 Å². The van der Waals surface area contributed by atoms with Gasteiger partial charge in [-0.2, -0.15) is 0 Å². The minimum absolute atomic E-state index is 1.18. The number of hydrogen-bond acceptors (Lipinski definition) is 1. The zero-order valence-corrected chi connectivity index (χ0v) is 21.8. The summed E-state index contributed by atoms with van der Waals surface area (Å²) in [6.07, 6.45) is 0. The van der Waals surface area contributed by atoms with Crippen LogP contribution in [-0.4, -0.2) is 9.13 Å². The van der Waals surface area contributed by atoms with Crippen LogP contribution in [0.25, 0.3) is 75.2 Å². The maximum atomic E-state index is 2.46. The molecule has 0 saturated heterocycles. The molecule has 6 aromatic carbocycles. The molecule has 0 aliphatic rings. The van der Waals surface area contributed by atoms with Crippen molar-refractivity contribution < 1.29 is 0 Å². The Hall–Kier alpha value is -4.86. The third-order valence-corrected chi connectivity index (χ3v) is 9.33. The Morgan fingerprint density at radius 1 is 0.385 bits per heavy atom. The molecule has 0 radical (unpaired) electrons. The van der Waals surface area contributed by atoms with Crippen LogP contribution in [0.3, 0.4) is 0 Å². The Kier molecular flexibility index (Phi) is 4.24. The van der Waals surface area contributed by atoms with Crippen molar-refractivity contribution in [2.75, 3.05) is 0 Å².